The second-order valence-corrected chi connectivity index (χ2v) is 6.88. The first-order valence-corrected chi connectivity index (χ1v) is 8.94. The molecule has 25 heavy (non-hydrogen) atoms. The number of anilines is 1. The third-order valence-electron chi connectivity index (χ3n) is 4.00. The van der Waals surface area contributed by atoms with Crippen molar-refractivity contribution in [3.8, 4) is 10.6 Å². The van der Waals surface area contributed by atoms with E-state index in [0.717, 1.165) is 32.9 Å². The van der Waals surface area contributed by atoms with Crippen molar-refractivity contribution in [3.05, 3.63) is 71.4 Å². The molecule has 0 aliphatic carbocycles. The number of thiazole rings is 1. The Morgan fingerprint density at radius 1 is 1.20 bits per heavy atom. The smallest absolute Gasteiger partial charge is 0.230 e. The maximum atomic E-state index is 12.3. The number of carbonyl (C=O) groups excluding carboxylic acids is 1. The predicted octanol–water partition coefficient (Wildman–Crippen LogP) is 4.78. The van der Waals surface area contributed by atoms with Crippen LogP contribution in [0.15, 0.2) is 60.1 Å². The van der Waals surface area contributed by atoms with E-state index in [9.17, 15) is 4.79 Å². The lowest BCUT2D eigenvalue weighted by Crippen LogP contribution is -2.14. The summed E-state index contributed by atoms with van der Waals surface area (Å²) in [6, 6.07) is 16.0. The Hall–Kier alpha value is -2.92. The van der Waals surface area contributed by atoms with Gasteiger partial charge in [-0.3, -0.25) is 4.79 Å². The summed E-state index contributed by atoms with van der Waals surface area (Å²) >= 11 is 1.57. The third kappa shape index (κ3) is 3.46. The van der Waals surface area contributed by atoms with Crippen LogP contribution in [0.3, 0.4) is 0 Å². The molecule has 2 aromatic heterocycles. The lowest BCUT2D eigenvalue weighted by molar-refractivity contribution is -0.115. The summed E-state index contributed by atoms with van der Waals surface area (Å²) in [6.45, 7) is 2.06. The van der Waals surface area contributed by atoms with Crippen molar-refractivity contribution in [2.45, 2.75) is 13.3 Å². The van der Waals surface area contributed by atoms with Gasteiger partial charge >= 0.3 is 0 Å². The highest BCUT2D eigenvalue weighted by atomic mass is 32.1. The minimum absolute atomic E-state index is 0.0593. The number of aromatic nitrogens is 2. The van der Waals surface area contributed by atoms with Crippen molar-refractivity contribution in [2.75, 3.05) is 5.32 Å². The van der Waals surface area contributed by atoms with Crippen molar-refractivity contribution in [2.24, 2.45) is 0 Å². The van der Waals surface area contributed by atoms with Crippen LogP contribution in [0.25, 0.3) is 21.5 Å². The molecule has 2 N–H and O–H groups in total. The Morgan fingerprint density at radius 2 is 2.12 bits per heavy atom. The second kappa shape index (κ2) is 6.53. The van der Waals surface area contributed by atoms with Crippen LogP contribution in [0.5, 0.6) is 0 Å². The number of aromatic amines is 1. The molecular weight excluding hydrogens is 330 g/mol. The number of nitrogens with zero attached hydrogens (tertiary/aromatic N) is 1. The van der Waals surface area contributed by atoms with Crippen LogP contribution in [0.2, 0.25) is 0 Å². The summed E-state index contributed by atoms with van der Waals surface area (Å²) in [7, 11) is 0. The van der Waals surface area contributed by atoms with Crippen LogP contribution < -0.4 is 5.32 Å². The van der Waals surface area contributed by atoms with Gasteiger partial charge in [0.2, 0.25) is 5.91 Å². The zero-order valence-electron chi connectivity index (χ0n) is 13.7. The molecule has 0 atom stereocenters. The van der Waals surface area contributed by atoms with Gasteiger partial charge in [0.05, 0.1) is 12.1 Å². The molecule has 124 valence electrons. The molecule has 0 fully saturated rings. The lowest BCUT2D eigenvalue weighted by Gasteiger charge is -2.04. The molecule has 0 saturated heterocycles. The van der Waals surface area contributed by atoms with Gasteiger partial charge in [-0.15, -0.1) is 11.3 Å². The van der Waals surface area contributed by atoms with Gasteiger partial charge in [-0.25, -0.2) is 4.98 Å². The van der Waals surface area contributed by atoms with Crippen molar-refractivity contribution in [1.29, 1.82) is 0 Å². The summed E-state index contributed by atoms with van der Waals surface area (Å²) in [5.41, 5.74) is 4.94. The lowest BCUT2D eigenvalue weighted by atomic mass is 10.1. The molecule has 4 aromatic rings. The summed E-state index contributed by atoms with van der Waals surface area (Å²) < 4.78 is 0. The Balaban J connectivity index is 1.45. The monoisotopic (exact) mass is 347 g/mol. The number of nitrogens with one attached hydrogen (secondary N) is 2. The molecule has 4 rings (SSSR count). The minimum atomic E-state index is -0.0593. The fourth-order valence-electron chi connectivity index (χ4n) is 2.80. The highest BCUT2D eigenvalue weighted by Crippen LogP contribution is 2.25. The Bertz CT molecular complexity index is 1050. The van der Waals surface area contributed by atoms with Crippen LogP contribution in [-0.2, 0) is 11.2 Å². The largest absolute Gasteiger partial charge is 0.361 e. The number of hydrogen-bond donors (Lipinski definition) is 2. The molecule has 0 aliphatic rings. The van der Waals surface area contributed by atoms with Crippen LogP contribution in [0.4, 0.5) is 5.69 Å². The van der Waals surface area contributed by atoms with E-state index in [2.05, 4.69) is 34.3 Å². The van der Waals surface area contributed by atoms with Gasteiger partial charge in [-0.2, -0.15) is 0 Å². The van der Waals surface area contributed by atoms with Gasteiger partial charge < -0.3 is 10.3 Å². The maximum Gasteiger partial charge on any atom is 0.230 e. The highest BCUT2D eigenvalue weighted by Gasteiger charge is 2.10. The van der Waals surface area contributed by atoms with Crippen molar-refractivity contribution in [1.82, 2.24) is 9.97 Å². The fourth-order valence-corrected chi connectivity index (χ4v) is 3.62. The van der Waals surface area contributed by atoms with E-state index >= 15 is 0 Å². The third-order valence-corrected chi connectivity index (χ3v) is 4.94. The van der Waals surface area contributed by atoms with Crippen molar-refractivity contribution < 1.29 is 4.79 Å². The fraction of sp³-hybridized carbons (Fsp3) is 0.100. The molecule has 5 heteroatoms. The number of fused-ring (bicyclic) bond motifs is 1. The predicted molar refractivity (Wildman–Crippen MR) is 103 cm³/mol. The van der Waals surface area contributed by atoms with Gasteiger partial charge in [-0.1, -0.05) is 23.8 Å². The number of aryl methyl sites for hydroxylation is 1. The summed E-state index contributed by atoms with van der Waals surface area (Å²) in [4.78, 5) is 20.0. The first-order valence-electron chi connectivity index (χ1n) is 8.06. The molecule has 2 aromatic carbocycles. The zero-order chi connectivity index (χ0) is 17.2. The number of H-pyrrole nitrogens is 1. The number of benzene rings is 2. The van der Waals surface area contributed by atoms with E-state index in [1.165, 1.54) is 5.56 Å². The molecular formula is C20H17N3OS. The van der Waals surface area contributed by atoms with Crippen LogP contribution >= 0.6 is 11.3 Å². The number of amides is 1. The van der Waals surface area contributed by atoms with Gasteiger partial charge in [0, 0.05) is 33.7 Å². The first-order chi connectivity index (χ1) is 12.2. The Morgan fingerprint density at radius 3 is 3.00 bits per heavy atom. The standard InChI is InChI=1S/C20H17N3OS/c1-13-3-2-4-15(9-13)20-23-17(12-25-20)11-19(24)22-16-5-6-18-14(10-16)7-8-21-18/h2-10,12,21H,11H2,1H3,(H,22,24). The number of rotatable bonds is 4. The summed E-state index contributed by atoms with van der Waals surface area (Å²) in [6.07, 6.45) is 2.16. The summed E-state index contributed by atoms with van der Waals surface area (Å²) in [5, 5.41) is 6.91. The Kier molecular flexibility index (Phi) is 4.07. The second-order valence-electron chi connectivity index (χ2n) is 6.02. The molecule has 0 radical (unpaired) electrons. The van der Waals surface area contributed by atoms with E-state index in [1.54, 1.807) is 11.3 Å². The average Bonchev–Trinajstić information content (AvgIpc) is 3.23. The quantitative estimate of drug-likeness (QED) is 0.558. The maximum absolute atomic E-state index is 12.3. The van der Waals surface area contributed by atoms with Gasteiger partial charge in [0.15, 0.2) is 0 Å². The molecule has 1 amide bonds. The van der Waals surface area contributed by atoms with Crippen LogP contribution in [0, 0.1) is 6.92 Å². The molecule has 2 heterocycles. The number of carbonyl (C=O) groups is 1. The first kappa shape index (κ1) is 15.6. The van der Waals surface area contributed by atoms with E-state index in [0.29, 0.717) is 0 Å². The normalized spacial score (nSPS) is 10.9. The molecule has 0 bridgehead atoms. The van der Waals surface area contributed by atoms with E-state index in [-0.39, 0.29) is 12.3 Å². The molecule has 0 spiro atoms. The molecule has 0 saturated carbocycles. The topological polar surface area (TPSA) is 57.8 Å². The van der Waals surface area contributed by atoms with Crippen molar-refractivity contribution in [3.63, 3.8) is 0 Å². The van der Waals surface area contributed by atoms with Crippen molar-refractivity contribution >= 4 is 33.8 Å². The zero-order valence-corrected chi connectivity index (χ0v) is 14.6. The van der Waals surface area contributed by atoms with Gasteiger partial charge in [0.25, 0.3) is 0 Å². The van der Waals surface area contributed by atoms with E-state index < -0.39 is 0 Å². The highest BCUT2D eigenvalue weighted by molar-refractivity contribution is 7.13. The molecule has 0 unspecified atom stereocenters. The minimum Gasteiger partial charge on any atom is -0.361 e. The summed E-state index contributed by atoms with van der Waals surface area (Å²) in [5.74, 6) is -0.0593. The number of hydrogen-bond acceptors (Lipinski definition) is 3. The van der Waals surface area contributed by atoms with Gasteiger partial charge in [-0.05, 0) is 37.3 Å². The Labute approximate surface area is 149 Å². The molecule has 0 aliphatic heterocycles. The average molecular weight is 347 g/mol. The van der Waals surface area contributed by atoms with Crippen LogP contribution in [-0.4, -0.2) is 15.9 Å². The molecule has 4 nitrogen and oxygen atoms in total. The SMILES string of the molecule is Cc1cccc(-c2nc(CC(=O)Nc3ccc4[nH]ccc4c3)cs2)c1. The van der Waals surface area contributed by atoms with Gasteiger partial charge in [0.1, 0.15) is 5.01 Å². The van der Waals surface area contributed by atoms with E-state index in [1.807, 2.05) is 48.0 Å². The van der Waals surface area contributed by atoms with E-state index in [4.69, 9.17) is 0 Å². The van der Waals surface area contributed by atoms with Crippen LogP contribution in [0.1, 0.15) is 11.3 Å².